The predicted molar refractivity (Wildman–Crippen MR) is 95.4 cm³/mol. The summed E-state index contributed by atoms with van der Waals surface area (Å²) in [4.78, 5) is 0.367. The molecule has 0 amide bonds. The Balaban J connectivity index is 1.86. The van der Waals surface area contributed by atoms with E-state index in [0.717, 1.165) is 18.5 Å². The third kappa shape index (κ3) is 5.19. The summed E-state index contributed by atoms with van der Waals surface area (Å²) in [5.74, 6) is 0.517. The predicted octanol–water partition coefficient (Wildman–Crippen LogP) is 3.93. The SMILES string of the molecule is CC(CCNC(C)c1ccc(S(C)(=O)=O)cc1)c1ccccc1. The van der Waals surface area contributed by atoms with Crippen molar-refractivity contribution in [3.05, 3.63) is 65.7 Å². The van der Waals surface area contributed by atoms with E-state index in [1.165, 1.54) is 11.8 Å². The number of sulfone groups is 1. The summed E-state index contributed by atoms with van der Waals surface area (Å²) >= 11 is 0. The van der Waals surface area contributed by atoms with E-state index in [1.807, 2.05) is 18.2 Å². The van der Waals surface area contributed by atoms with Gasteiger partial charge in [0, 0.05) is 12.3 Å². The van der Waals surface area contributed by atoms with Crippen molar-refractivity contribution in [2.75, 3.05) is 12.8 Å². The fourth-order valence-corrected chi connectivity index (χ4v) is 3.22. The van der Waals surface area contributed by atoms with Crippen LogP contribution in [-0.4, -0.2) is 21.2 Å². The van der Waals surface area contributed by atoms with Gasteiger partial charge in [-0.05, 0) is 49.1 Å². The first-order valence-electron chi connectivity index (χ1n) is 7.96. The van der Waals surface area contributed by atoms with Crippen molar-refractivity contribution in [3.63, 3.8) is 0 Å². The Bertz CT molecular complexity index is 709. The third-order valence-corrected chi connectivity index (χ3v) is 5.33. The molecule has 0 spiro atoms. The van der Waals surface area contributed by atoms with Crippen molar-refractivity contribution in [2.45, 2.75) is 37.1 Å². The molecule has 3 nitrogen and oxygen atoms in total. The lowest BCUT2D eigenvalue weighted by Crippen LogP contribution is -2.21. The molecule has 0 saturated carbocycles. The van der Waals surface area contributed by atoms with Gasteiger partial charge in [-0.15, -0.1) is 0 Å². The Morgan fingerprint density at radius 3 is 2.09 bits per heavy atom. The van der Waals surface area contributed by atoms with Crippen LogP contribution >= 0.6 is 0 Å². The normalized spacial score (nSPS) is 14.4. The summed E-state index contributed by atoms with van der Waals surface area (Å²) in [5.41, 5.74) is 2.46. The molecule has 0 aliphatic rings. The Hall–Kier alpha value is -1.65. The number of hydrogen-bond acceptors (Lipinski definition) is 3. The molecule has 2 aromatic carbocycles. The largest absolute Gasteiger partial charge is 0.310 e. The first-order chi connectivity index (χ1) is 10.9. The number of nitrogens with one attached hydrogen (secondary N) is 1. The average molecular weight is 331 g/mol. The summed E-state index contributed by atoms with van der Waals surface area (Å²) in [6, 6.07) is 17.8. The lowest BCUT2D eigenvalue weighted by atomic mass is 9.98. The minimum absolute atomic E-state index is 0.201. The number of hydrogen-bond donors (Lipinski definition) is 1. The first kappa shape index (κ1) is 17.7. The monoisotopic (exact) mass is 331 g/mol. The second-order valence-electron chi connectivity index (χ2n) is 6.12. The van der Waals surface area contributed by atoms with Crippen LogP contribution in [0.1, 0.15) is 43.4 Å². The lowest BCUT2D eigenvalue weighted by molar-refractivity contribution is 0.531. The van der Waals surface area contributed by atoms with Gasteiger partial charge in [-0.25, -0.2) is 8.42 Å². The molecule has 2 aromatic rings. The molecule has 0 aliphatic heterocycles. The molecule has 2 atom stereocenters. The van der Waals surface area contributed by atoms with Gasteiger partial charge in [0.2, 0.25) is 0 Å². The summed E-state index contributed by atoms with van der Waals surface area (Å²) in [5, 5.41) is 3.51. The second-order valence-corrected chi connectivity index (χ2v) is 8.13. The van der Waals surface area contributed by atoms with Crippen LogP contribution in [0.15, 0.2) is 59.5 Å². The maximum Gasteiger partial charge on any atom is 0.175 e. The van der Waals surface area contributed by atoms with Gasteiger partial charge in [-0.1, -0.05) is 49.4 Å². The Labute approximate surface area is 139 Å². The van der Waals surface area contributed by atoms with E-state index in [1.54, 1.807) is 12.1 Å². The maximum atomic E-state index is 11.5. The van der Waals surface area contributed by atoms with Gasteiger partial charge in [0.05, 0.1) is 4.90 Å². The van der Waals surface area contributed by atoms with Crippen LogP contribution in [0, 0.1) is 0 Å². The van der Waals surface area contributed by atoms with Crippen LogP contribution < -0.4 is 5.32 Å². The Kier molecular flexibility index (Phi) is 5.97. The highest BCUT2D eigenvalue weighted by Gasteiger charge is 2.10. The quantitative estimate of drug-likeness (QED) is 0.836. The zero-order valence-corrected chi connectivity index (χ0v) is 14.8. The number of benzene rings is 2. The van der Waals surface area contributed by atoms with Crippen molar-refractivity contribution < 1.29 is 8.42 Å². The van der Waals surface area contributed by atoms with Crippen LogP contribution in [-0.2, 0) is 9.84 Å². The smallest absolute Gasteiger partial charge is 0.175 e. The molecule has 0 saturated heterocycles. The highest BCUT2D eigenvalue weighted by Crippen LogP contribution is 2.19. The van der Waals surface area contributed by atoms with Gasteiger partial charge in [-0.2, -0.15) is 0 Å². The summed E-state index contributed by atoms with van der Waals surface area (Å²) in [6.07, 6.45) is 2.30. The minimum Gasteiger partial charge on any atom is -0.310 e. The molecular weight excluding hydrogens is 306 g/mol. The van der Waals surface area contributed by atoms with E-state index in [0.29, 0.717) is 10.8 Å². The highest BCUT2D eigenvalue weighted by atomic mass is 32.2. The van der Waals surface area contributed by atoms with Crippen molar-refractivity contribution in [1.82, 2.24) is 5.32 Å². The molecule has 23 heavy (non-hydrogen) atoms. The third-order valence-electron chi connectivity index (χ3n) is 4.20. The topological polar surface area (TPSA) is 46.2 Å². The van der Waals surface area contributed by atoms with Gasteiger partial charge in [0.1, 0.15) is 0 Å². The Morgan fingerprint density at radius 1 is 0.913 bits per heavy atom. The zero-order valence-electron chi connectivity index (χ0n) is 14.0. The van der Waals surface area contributed by atoms with Crippen LogP contribution in [0.25, 0.3) is 0 Å². The van der Waals surface area contributed by atoms with E-state index in [2.05, 4.69) is 43.4 Å². The molecule has 0 aliphatic carbocycles. The summed E-state index contributed by atoms with van der Waals surface area (Å²) in [6.45, 7) is 5.26. The van der Waals surface area contributed by atoms with E-state index in [-0.39, 0.29) is 6.04 Å². The molecule has 0 heterocycles. The van der Waals surface area contributed by atoms with Gasteiger partial charge in [-0.3, -0.25) is 0 Å². The first-order valence-corrected chi connectivity index (χ1v) is 9.85. The molecule has 0 radical (unpaired) electrons. The molecule has 0 fully saturated rings. The molecule has 0 aromatic heterocycles. The van der Waals surface area contributed by atoms with Gasteiger partial charge in [0.15, 0.2) is 9.84 Å². The van der Waals surface area contributed by atoms with Crippen LogP contribution in [0.2, 0.25) is 0 Å². The van der Waals surface area contributed by atoms with Gasteiger partial charge in [0.25, 0.3) is 0 Å². The fourth-order valence-electron chi connectivity index (χ4n) is 2.59. The van der Waals surface area contributed by atoms with E-state index in [9.17, 15) is 8.42 Å². The van der Waals surface area contributed by atoms with Crippen molar-refractivity contribution in [2.24, 2.45) is 0 Å². The van der Waals surface area contributed by atoms with Crippen LogP contribution in [0.5, 0.6) is 0 Å². The molecule has 2 unspecified atom stereocenters. The van der Waals surface area contributed by atoms with E-state index < -0.39 is 9.84 Å². The second kappa shape index (κ2) is 7.75. The molecule has 4 heteroatoms. The van der Waals surface area contributed by atoms with Crippen molar-refractivity contribution in [3.8, 4) is 0 Å². The highest BCUT2D eigenvalue weighted by molar-refractivity contribution is 7.90. The maximum absolute atomic E-state index is 11.5. The van der Waals surface area contributed by atoms with Gasteiger partial charge < -0.3 is 5.32 Å². The van der Waals surface area contributed by atoms with Crippen LogP contribution in [0.3, 0.4) is 0 Å². The number of rotatable bonds is 7. The van der Waals surface area contributed by atoms with Gasteiger partial charge >= 0.3 is 0 Å². The van der Waals surface area contributed by atoms with E-state index >= 15 is 0 Å². The fraction of sp³-hybridized carbons (Fsp3) is 0.368. The van der Waals surface area contributed by atoms with Crippen molar-refractivity contribution in [1.29, 1.82) is 0 Å². The molecule has 124 valence electrons. The zero-order chi connectivity index (χ0) is 16.9. The average Bonchev–Trinajstić information content (AvgIpc) is 2.54. The minimum atomic E-state index is -3.12. The Morgan fingerprint density at radius 2 is 1.52 bits per heavy atom. The molecule has 2 rings (SSSR count). The molecule has 0 bridgehead atoms. The standard InChI is InChI=1S/C19H25NO2S/c1-15(17-7-5-4-6-8-17)13-14-20-16(2)18-9-11-19(12-10-18)23(3,21)22/h4-12,15-16,20H,13-14H2,1-3H3. The van der Waals surface area contributed by atoms with E-state index in [4.69, 9.17) is 0 Å². The lowest BCUT2D eigenvalue weighted by Gasteiger charge is -2.17. The summed E-state index contributed by atoms with van der Waals surface area (Å²) in [7, 11) is -3.12. The molecule has 1 N–H and O–H groups in total. The van der Waals surface area contributed by atoms with Crippen LogP contribution in [0.4, 0.5) is 0 Å². The van der Waals surface area contributed by atoms with Crippen molar-refractivity contribution >= 4 is 9.84 Å². The molecular formula is C19H25NO2S. The summed E-state index contributed by atoms with van der Waals surface area (Å²) < 4.78 is 23.0.